The van der Waals surface area contributed by atoms with E-state index in [1.165, 1.54) is 11.3 Å². The molecule has 6 nitrogen and oxygen atoms in total. The third-order valence-corrected chi connectivity index (χ3v) is 4.75. The summed E-state index contributed by atoms with van der Waals surface area (Å²) in [4.78, 5) is 26.6. The first kappa shape index (κ1) is 17.5. The summed E-state index contributed by atoms with van der Waals surface area (Å²) < 4.78 is 6.12. The summed E-state index contributed by atoms with van der Waals surface area (Å²) in [6, 6.07) is 6.99. The molecule has 0 aromatic carbocycles. The summed E-state index contributed by atoms with van der Waals surface area (Å²) >= 11 is 6.55. The van der Waals surface area contributed by atoms with E-state index < -0.39 is 6.09 Å². The van der Waals surface area contributed by atoms with E-state index in [1.54, 1.807) is 35.5 Å². The summed E-state index contributed by atoms with van der Waals surface area (Å²) in [7, 11) is 0. The number of anilines is 1. The molecule has 25 heavy (non-hydrogen) atoms. The van der Waals surface area contributed by atoms with Crippen LogP contribution in [0.3, 0.4) is 0 Å². The van der Waals surface area contributed by atoms with Crippen LogP contribution < -0.4 is 9.64 Å². The molecule has 3 heterocycles. The lowest BCUT2D eigenvalue weighted by Gasteiger charge is -2.21. The molecular formula is C17H18N4O2S2. The Kier molecular flexibility index (Phi) is 5.72. The van der Waals surface area contributed by atoms with E-state index in [4.69, 9.17) is 17.0 Å². The minimum Gasteiger partial charge on any atom is -0.410 e. The van der Waals surface area contributed by atoms with E-state index in [-0.39, 0.29) is 0 Å². The van der Waals surface area contributed by atoms with E-state index in [9.17, 15) is 4.79 Å². The second-order valence-electron chi connectivity index (χ2n) is 5.45. The number of hydrogen-bond acceptors (Lipinski definition) is 6. The van der Waals surface area contributed by atoms with Gasteiger partial charge in [-0.3, -0.25) is 9.88 Å². The van der Waals surface area contributed by atoms with Gasteiger partial charge in [-0.15, -0.1) is 0 Å². The fourth-order valence-corrected chi connectivity index (χ4v) is 3.41. The van der Waals surface area contributed by atoms with Crippen LogP contribution in [0.5, 0.6) is 5.75 Å². The van der Waals surface area contributed by atoms with Crippen LogP contribution in [0.1, 0.15) is 26.2 Å². The highest BCUT2D eigenvalue weighted by Crippen LogP contribution is 2.23. The van der Waals surface area contributed by atoms with Crippen molar-refractivity contribution in [3.63, 3.8) is 0 Å². The van der Waals surface area contributed by atoms with Crippen molar-refractivity contribution in [2.45, 2.75) is 26.2 Å². The van der Waals surface area contributed by atoms with Crippen LogP contribution in [0, 0.1) is 3.95 Å². The number of pyridine rings is 2. The first-order chi connectivity index (χ1) is 12.2. The van der Waals surface area contributed by atoms with Crippen LogP contribution in [0.2, 0.25) is 0 Å². The standard InChI is InChI=1S/C17H18N4O2S2/c1-2-3-4-11-21(17(22)23-12-7-9-18-10-8-12)14-6-5-13-15(20-14)25-16(24)19-13/h5-10H,2-4,11H2,1H3,(H,19,24). The Morgan fingerprint density at radius 3 is 2.84 bits per heavy atom. The van der Waals surface area contributed by atoms with Gasteiger partial charge in [0.25, 0.3) is 0 Å². The summed E-state index contributed by atoms with van der Waals surface area (Å²) in [6.07, 6.45) is 5.70. The number of nitrogens with one attached hydrogen (secondary N) is 1. The minimum atomic E-state index is -0.451. The Morgan fingerprint density at radius 2 is 2.08 bits per heavy atom. The van der Waals surface area contributed by atoms with Crippen molar-refractivity contribution in [2.75, 3.05) is 11.4 Å². The molecule has 1 amide bonds. The van der Waals surface area contributed by atoms with Gasteiger partial charge in [0.05, 0.1) is 5.52 Å². The van der Waals surface area contributed by atoms with Crippen molar-refractivity contribution in [1.82, 2.24) is 15.0 Å². The zero-order chi connectivity index (χ0) is 17.6. The smallest absolute Gasteiger partial charge is 0.410 e. The normalized spacial score (nSPS) is 10.8. The molecule has 0 aliphatic rings. The topological polar surface area (TPSA) is 71.1 Å². The molecule has 3 aromatic heterocycles. The van der Waals surface area contributed by atoms with Crippen molar-refractivity contribution in [3.05, 3.63) is 40.6 Å². The van der Waals surface area contributed by atoms with Crippen molar-refractivity contribution in [1.29, 1.82) is 0 Å². The zero-order valence-corrected chi connectivity index (χ0v) is 15.4. The van der Waals surface area contributed by atoms with Crippen LogP contribution in [0.4, 0.5) is 10.6 Å². The average molecular weight is 374 g/mol. The number of thiazole rings is 1. The lowest BCUT2D eigenvalue weighted by Crippen LogP contribution is -2.35. The zero-order valence-electron chi connectivity index (χ0n) is 13.8. The predicted octanol–water partition coefficient (Wildman–Crippen LogP) is 4.94. The van der Waals surface area contributed by atoms with E-state index in [0.29, 0.717) is 22.1 Å². The summed E-state index contributed by atoms with van der Waals surface area (Å²) in [5.74, 6) is 1.02. The van der Waals surface area contributed by atoms with Gasteiger partial charge in [-0.2, -0.15) is 0 Å². The quantitative estimate of drug-likeness (QED) is 0.488. The number of amides is 1. The molecule has 130 valence electrons. The van der Waals surface area contributed by atoms with E-state index in [1.807, 2.05) is 6.07 Å². The van der Waals surface area contributed by atoms with Gasteiger partial charge in [-0.05, 0) is 42.9 Å². The Hall–Kier alpha value is -2.32. The lowest BCUT2D eigenvalue weighted by molar-refractivity contribution is 0.207. The second kappa shape index (κ2) is 8.17. The number of aromatic amines is 1. The molecule has 3 rings (SSSR count). The number of carbonyl (C=O) groups is 1. The maximum absolute atomic E-state index is 12.7. The van der Waals surface area contributed by atoms with Gasteiger partial charge in [0, 0.05) is 18.9 Å². The molecule has 3 aromatic rings. The van der Waals surface area contributed by atoms with Crippen LogP contribution in [0.15, 0.2) is 36.7 Å². The number of carbonyl (C=O) groups excluding carboxylic acids is 1. The molecule has 0 aliphatic heterocycles. The largest absolute Gasteiger partial charge is 0.420 e. The van der Waals surface area contributed by atoms with Crippen LogP contribution in [0.25, 0.3) is 10.3 Å². The molecule has 0 aliphatic carbocycles. The molecular weight excluding hydrogens is 356 g/mol. The van der Waals surface area contributed by atoms with Crippen LogP contribution in [-0.2, 0) is 0 Å². The number of fused-ring (bicyclic) bond motifs is 1. The van der Waals surface area contributed by atoms with Crippen molar-refractivity contribution < 1.29 is 9.53 Å². The maximum atomic E-state index is 12.7. The second-order valence-corrected chi connectivity index (χ2v) is 7.11. The van der Waals surface area contributed by atoms with Crippen molar-refractivity contribution in [2.24, 2.45) is 0 Å². The molecule has 0 fully saturated rings. The molecule has 0 saturated carbocycles. The Labute approximate surface area is 154 Å². The Balaban J connectivity index is 1.86. The molecule has 0 unspecified atom stereocenters. The first-order valence-corrected chi connectivity index (χ1v) is 9.29. The van der Waals surface area contributed by atoms with Crippen molar-refractivity contribution in [3.8, 4) is 5.75 Å². The number of hydrogen-bond donors (Lipinski definition) is 1. The third-order valence-electron chi connectivity index (χ3n) is 3.61. The molecule has 8 heteroatoms. The molecule has 0 spiro atoms. The number of H-pyrrole nitrogens is 1. The van der Waals surface area contributed by atoms with E-state index >= 15 is 0 Å². The van der Waals surface area contributed by atoms with Gasteiger partial charge in [-0.25, -0.2) is 9.78 Å². The highest BCUT2D eigenvalue weighted by molar-refractivity contribution is 7.73. The van der Waals surface area contributed by atoms with Crippen LogP contribution in [-0.4, -0.2) is 27.6 Å². The Morgan fingerprint density at radius 1 is 1.28 bits per heavy atom. The molecule has 0 saturated heterocycles. The molecule has 0 bridgehead atoms. The van der Waals surface area contributed by atoms with Gasteiger partial charge >= 0.3 is 6.09 Å². The number of unbranched alkanes of at least 4 members (excludes halogenated alkanes) is 2. The number of rotatable bonds is 6. The van der Waals surface area contributed by atoms with E-state index in [0.717, 1.165) is 29.6 Å². The van der Waals surface area contributed by atoms with Gasteiger partial charge in [0.15, 0.2) is 3.95 Å². The molecule has 1 N–H and O–H groups in total. The molecule has 0 radical (unpaired) electrons. The minimum absolute atomic E-state index is 0.451. The lowest BCUT2D eigenvalue weighted by atomic mass is 10.2. The molecule has 0 atom stereocenters. The summed E-state index contributed by atoms with van der Waals surface area (Å²) in [5.41, 5.74) is 0.870. The first-order valence-electron chi connectivity index (χ1n) is 8.06. The highest BCUT2D eigenvalue weighted by atomic mass is 32.1. The Bertz CT molecular complexity index is 908. The average Bonchev–Trinajstić information content (AvgIpc) is 2.98. The summed E-state index contributed by atoms with van der Waals surface area (Å²) in [5, 5.41) is 0. The number of aromatic nitrogens is 3. The van der Waals surface area contributed by atoms with E-state index in [2.05, 4.69) is 21.9 Å². The number of ether oxygens (including phenoxy) is 1. The highest BCUT2D eigenvalue weighted by Gasteiger charge is 2.19. The van der Waals surface area contributed by atoms with Crippen LogP contribution >= 0.6 is 23.6 Å². The fraction of sp³-hybridized carbons (Fsp3) is 0.294. The fourth-order valence-electron chi connectivity index (χ4n) is 2.36. The van der Waals surface area contributed by atoms with Crippen molar-refractivity contribution >= 4 is 45.8 Å². The number of nitrogens with zero attached hydrogens (tertiary/aromatic N) is 3. The summed E-state index contributed by atoms with van der Waals surface area (Å²) in [6.45, 7) is 2.67. The SMILES string of the molecule is CCCCCN(C(=O)Oc1ccncc1)c1ccc2[nH]c(=S)sc2n1. The van der Waals surface area contributed by atoms with Gasteiger partial charge in [0.2, 0.25) is 0 Å². The van der Waals surface area contributed by atoms with Gasteiger partial charge < -0.3 is 9.72 Å². The monoisotopic (exact) mass is 374 g/mol. The van der Waals surface area contributed by atoms with Gasteiger partial charge in [0.1, 0.15) is 16.4 Å². The predicted molar refractivity (Wildman–Crippen MR) is 102 cm³/mol. The maximum Gasteiger partial charge on any atom is 0.420 e. The third kappa shape index (κ3) is 4.40. The van der Waals surface area contributed by atoms with Gasteiger partial charge in [-0.1, -0.05) is 31.1 Å².